The molecule has 0 unspecified atom stereocenters. The molecule has 0 radical (unpaired) electrons. The van der Waals surface area contributed by atoms with Crippen LogP contribution in [0.5, 0.6) is 0 Å². The van der Waals surface area contributed by atoms with Crippen LogP contribution >= 0.6 is 0 Å². The largest absolute Gasteiger partial charge is 0.378 e. The average molecular weight is 500 g/mol. The van der Waals surface area contributed by atoms with Crippen LogP contribution in [0.2, 0.25) is 0 Å². The lowest BCUT2D eigenvalue weighted by Crippen LogP contribution is -2.54. The molecule has 3 aliphatic rings. The Bertz CT molecular complexity index is 1010. The van der Waals surface area contributed by atoms with Crippen molar-refractivity contribution in [3.8, 4) is 0 Å². The minimum Gasteiger partial charge on any atom is -0.378 e. The van der Waals surface area contributed by atoms with Crippen molar-refractivity contribution in [3.63, 3.8) is 0 Å². The van der Waals surface area contributed by atoms with Crippen LogP contribution in [0, 0.1) is 5.92 Å². The Kier molecular flexibility index (Phi) is 7.25. The number of nitrogens with one attached hydrogen (secondary N) is 1. The maximum atomic E-state index is 13.4. The van der Waals surface area contributed by atoms with Crippen LogP contribution < -0.4 is 5.32 Å². The predicted octanol–water partition coefficient (Wildman–Crippen LogP) is 1.85. The van der Waals surface area contributed by atoms with Crippen molar-refractivity contribution in [1.29, 1.82) is 0 Å². The number of benzene rings is 1. The van der Waals surface area contributed by atoms with Crippen LogP contribution in [0.1, 0.15) is 43.7 Å². The average Bonchev–Trinajstić information content (AvgIpc) is 3.25. The maximum Gasteiger partial charge on any atom is 0.270 e. The fourth-order valence-electron chi connectivity index (χ4n) is 4.73. The fraction of sp³-hybridized carbons (Fsp3) is 0.652. The number of alkyl halides is 2. The molecule has 3 aliphatic heterocycles. The van der Waals surface area contributed by atoms with Crippen LogP contribution in [-0.4, -0.2) is 73.6 Å². The standard InChI is InChI=1S/C23H31F2N3O5S/c1-23(24,25)18-8-6-16(7-9-18)12-26-21(29)20-5-3-11-28(20)22(30)17-4-2-10-27(13-17)34(31,32)19-14-33-15-19/h6-9,17,19-20H,2-5,10-15H2,1H3,(H,26,29)/t17-,20+/m0/s1. The van der Waals surface area contributed by atoms with Gasteiger partial charge in [0.15, 0.2) is 0 Å². The number of nitrogens with zero attached hydrogens (tertiary/aromatic N) is 2. The molecule has 3 saturated heterocycles. The van der Waals surface area contributed by atoms with Gasteiger partial charge in [0.2, 0.25) is 21.8 Å². The Balaban J connectivity index is 1.34. The first-order valence-corrected chi connectivity index (χ1v) is 13.2. The molecule has 3 heterocycles. The quantitative estimate of drug-likeness (QED) is 0.618. The van der Waals surface area contributed by atoms with E-state index in [0.29, 0.717) is 44.3 Å². The van der Waals surface area contributed by atoms with Gasteiger partial charge in [-0.3, -0.25) is 9.59 Å². The highest BCUT2D eigenvalue weighted by molar-refractivity contribution is 7.89. The lowest BCUT2D eigenvalue weighted by molar-refractivity contribution is -0.142. The van der Waals surface area contributed by atoms with E-state index >= 15 is 0 Å². The fourth-order valence-corrected chi connectivity index (χ4v) is 6.46. The van der Waals surface area contributed by atoms with E-state index in [0.717, 1.165) is 6.92 Å². The molecule has 2 amide bonds. The lowest BCUT2D eigenvalue weighted by Gasteiger charge is -2.38. The molecule has 3 fully saturated rings. The lowest BCUT2D eigenvalue weighted by atomic mass is 9.97. The van der Waals surface area contributed by atoms with Crippen LogP contribution in [0.15, 0.2) is 24.3 Å². The summed E-state index contributed by atoms with van der Waals surface area (Å²) in [5, 5.41) is 2.27. The summed E-state index contributed by atoms with van der Waals surface area (Å²) in [6, 6.07) is 5.17. The number of sulfonamides is 1. The third-order valence-electron chi connectivity index (χ3n) is 6.89. The van der Waals surface area contributed by atoms with Crippen molar-refractivity contribution >= 4 is 21.8 Å². The zero-order valence-electron chi connectivity index (χ0n) is 19.2. The van der Waals surface area contributed by atoms with Crippen molar-refractivity contribution in [2.24, 2.45) is 5.92 Å². The van der Waals surface area contributed by atoms with Crippen LogP contribution in [-0.2, 0) is 36.8 Å². The monoisotopic (exact) mass is 499 g/mol. The second-order valence-corrected chi connectivity index (χ2v) is 11.6. The van der Waals surface area contributed by atoms with Gasteiger partial charge in [-0.15, -0.1) is 0 Å². The number of ether oxygens (including phenoxy) is 1. The third kappa shape index (κ3) is 5.26. The van der Waals surface area contributed by atoms with Gasteiger partial charge in [0.05, 0.1) is 19.1 Å². The summed E-state index contributed by atoms with van der Waals surface area (Å²) in [4.78, 5) is 27.7. The summed E-state index contributed by atoms with van der Waals surface area (Å²) >= 11 is 0. The van der Waals surface area contributed by atoms with Crippen molar-refractivity contribution < 1.29 is 31.5 Å². The van der Waals surface area contributed by atoms with Gasteiger partial charge in [0, 0.05) is 38.7 Å². The Labute approximate surface area is 198 Å². The highest BCUT2D eigenvalue weighted by atomic mass is 32.2. The highest BCUT2D eigenvalue weighted by Gasteiger charge is 2.43. The van der Waals surface area contributed by atoms with Gasteiger partial charge in [-0.05, 0) is 31.2 Å². The van der Waals surface area contributed by atoms with Crippen molar-refractivity contribution in [3.05, 3.63) is 35.4 Å². The van der Waals surface area contributed by atoms with E-state index in [4.69, 9.17) is 4.74 Å². The normalized spacial score (nSPS) is 24.6. The smallest absolute Gasteiger partial charge is 0.270 e. The van der Waals surface area contributed by atoms with Gasteiger partial charge in [-0.25, -0.2) is 21.5 Å². The molecule has 0 aliphatic carbocycles. The molecule has 1 N–H and O–H groups in total. The minimum absolute atomic E-state index is 0.0940. The van der Waals surface area contributed by atoms with Crippen LogP contribution in [0.4, 0.5) is 8.78 Å². The summed E-state index contributed by atoms with van der Waals surface area (Å²) in [5.41, 5.74) is 0.592. The molecule has 8 nitrogen and oxygen atoms in total. The van der Waals surface area contributed by atoms with Gasteiger partial charge in [-0.2, -0.15) is 0 Å². The first-order valence-electron chi connectivity index (χ1n) is 11.7. The number of carbonyl (C=O) groups is 2. The molecule has 34 heavy (non-hydrogen) atoms. The number of amides is 2. The number of hydrogen-bond donors (Lipinski definition) is 1. The van der Waals surface area contributed by atoms with Crippen molar-refractivity contribution in [2.75, 3.05) is 32.8 Å². The SMILES string of the molecule is CC(F)(F)c1ccc(CNC(=O)[C@H]2CCCN2C(=O)[C@H]2CCCN(S(=O)(=O)C3COC3)C2)cc1. The first kappa shape index (κ1) is 25.0. The third-order valence-corrected chi connectivity index (χ3v) is 9.05. The number of hydrogen-bond acceptors (Lipinski definition) is 5. The number of halogens is 2. The van der Waals surface area contributed by atoms with Crippen LogP contribution in [0.3, 0.4) is 0 Å². The van der Waals surface area contributed by atoms with E-state index < -0.39 is 33.2 Å². The van der Waals surface area contributed by atoms with Crippen molar-refractivity contribution in [1.82, 2.24) is 14.5 Å². The van der Waals surface area contributed by atoms with E-state index in [1.165, 1.54) is 16.4 Å². The number of rotatable bonds is 7. The van der Waals surface area contributed by atoms with Gasteiger partial charge in [-0.1, -0.05) is 24.3 Å². The van der Waals surface area contributed by atoms with E-state index in [2.05, 4.69) is 5.32 Å². The zero-order valence-corrected chi connectivity index (χ0v) is 20.0. The molecule has 0 saturated carbocycles. The molecule has 0 aromatic heterocycles. The molecule has 1 aromatic carbocycles. The first-order chi connectivity index (χ1) is 16.1. The predicted molar refractivity (Wildman–Crippen MR) is 120 cm³/mol. The molecular formula is C23H31F2N3O5S. The second-order valence-electron chi connectivity index (χ2n) is 9.39. The van der Waals surface area contributed by atoms with Crippen LogP contribution in [0.25, 0.3) is 0 Å². The number of piperidine rings is 1. The Morgan fingerprint density at radius 2 is 1.79 bits per heavy atom. The van der Waals surface area contributed by atoms with Crippen molar-refractivity contribution in [2.45, 2.75) is 56.4 Å². The molecule has 11 heteroatoms. The number of likely N-dealkylation sites (tertiary alicyclic amines) is 1. The molecule has 0 bridgehead atoms. The molecule has 188 valence electrons. The number of carbonyl (C=O) groups excluding carboxylic acids is 2. The molecule has 0 spiro atoms. The van der Waals surface area contributed by atoms with Gasteiger partial charge in [0.1, 0.15) is 11.3 Å². The van der Waals surface area contributed by atoms with E-state index in [-0.39, 0.29) is 43.7 Å². The van der Waals surface area contributed by atoms with E-state index in [1.807, 2.05) is 0 Å². The Hall–Kier alpha value is -2.11. The molecule has 4 rings (SSSR count). The summed E-state index contributed by atoms with van der Waals surface area (Å²) < 4.78 is 58.7. The summed E-state index contributed by atoms with van der Waals surface area (Å²) in [6.07, 6.45) is 2.41. The molecule has 1 aromatic rings. The molecule has 2 atom stereocenters. The Morgan fingerprint density at radius 1 is 1.12 bits per heavy atom. The minimum atomic E-state index is -3.49. The van der Waals surface area contributed by atoms with Gasteiger partial charge < -0.3 is 15.0 Å². The zero-order chi connectivity index (χ0) is 24.5. The summed E-state index contributed by atoms with van der Waals surface area (Å²) in [5.74, 6) is -3.87. The summed E-state index contributed by atoms with van der Waals surface area (Å²) in [6.45, 7) is 2.37. The van der Waals surface area contributed by atoms with E-state index in [1.54, 1.807) is 17.0 Å². The van der Waals surface area contributed by atoms with E-state index in [9.17, 15) is 26.8 Å². The second kappa shape index (κ2) is 9.87. The van der Waals surface area contributed by atoms with Gasteiger partial charge >= 0.3 is 0 Å². The topological polar surface area (TPSA) is 96.0 Å². The summed E-state index contributed by atoms with van der Waals surface area (Å²) in [7, 11) is -3.49. The molecular weight excluding hydrogens is 468 g/mol. The van der Waals surface area contributed by atoms with Gasteiger partial charge in [0.25, 0.3) is 5.92 Å². The Morgan fingerprint density at radius 3 is 2.41 bits per heavy atom. The highest BCUT2D eigenvalue weighted by Crippen LogP contribution is 2.29. The maximum absolute atomic E-state index is 13.4.